The van der Waals surface area contributed by atoms with Crippen molar-refractivity contribution in [2.45, 2.75) is 38.2 Å². The summed E-state index contributed by atoms with van der Waals surface area (Å²) in [4.78, 5) is 10.9. The normalized spacial score (nSPS) is 35.8. The third-order valence-corrected chi connectivity index (χ3v) is 2.86. The van der Waals surface area contributed by atoms with Crippen molar-refractivity contribution in [2.75, 3.05) is 6.54 Å². The van der Waals surface area contributed by atoms with Gasteiger partial charge in [-0.1, -0.05) is 12.8 Å². The van der Waals surface area contributed by atoms with Crippen LogP contribution in [0.15, 0.2) is 0 Å². The van der Waals surface area contributed by atoms with Crippen molar-refractivity contribution < 1.29 is 9.53 Å². The lowest BCUT2D eigenvalue weighted by Gasteiger charge is -2.30. The number of amides is 1. The van der Waals surface area contributed by atoms with Crippen molar-refractivity contribution in [2.24, 2.45) is 5.92 Å². The Kier molecular flexibility index (Phi) is 2.19. The molecule has 2 unspecified atom stereocenters. The number of rotatable bonds is 0. The first-order chi connectivity index (χ1) is 5.86. The molecule has 0 radical (unpaired) electrons. The van der Waals surface area contributed by atoms with E-state index < -0.39 is 0 Å². The molecule has 1 amide bonds. The maximum atomic E-state index is 10.9. The van der Waals surface area contributed by atoms with Crippen LogP contribution in [0.3, 0.4) is 0 Å². The fourth-order valence-electron chi connectivity index (χ4n) is 2.13. The standard InChI is InChI=1S/C9H15NO2/c11-9-10-6-7-4-2-1-3-5-8(7)12-9/h7-8H,1-6H2,(H,10,11). The summed E-state index contributed by atoms with van der Waals surface area (Å²) in [6.07, 6.45) is 6.07. The van der Waals surface area contributed by atoms with E-state index in [1.54, 1.807) is 0 Å². The highest BCUT2D eigenvalue weighted by Crippen LogP contribution is 2.27. The Hall–Kier alpha value is -0.730. The van der Waals surface area contributed by atoms with Gasteiger partial charge >= 0.3 is 6.09 Å². The Morgan fingerprint density at radius 3 is 3.00 bits per heavy atom. The topological polar surface area (TPSA) is 38.3 Å². The predicted molar refractivity (Wildman–Crippen MR) is 44.8 cm³/mol. The SMILES string of the molecule is O=C1NCC2CCCCCC2O1. The average Bonchev–Trinajstić information content (AvgIpc) is 2.28. The fourth-order valence-corrected chi connectivity index (χ4v) is 2.13. The number of alkyl carbamates (subject to hydrolysis) is 1. The minimum Gasteiger partial charge on any atom is -0.446 e. The molecule has 0 aromatic rings. The lowest BCUT2D eigenvalue weighted by molar-refractivity contribution is 0.0333. The zero-order valence-electron chi connectivity index (χ0n) is 7.21. The predicted octanol–water partition coefficient (Wildman–Crippen LogP) is 1.68. The quantitative estimate of drug-likeness (QED) is 0.599. The summed E-state index contributed by atoms with van der Waals surface area (Å²) in [6.45, 7) is 0.823. The molecule has 1 saturated heterocycles. The van der Waals surface area contributed by atoms with Crippen molar-refractivity contribution >= 4 is 6.09 Å². The molecule has 1 aliphatic carbocycles. The summed E-state index contributed by atoms with van der Waals surface area (Å²) in [5.41, 5.74) is 0. The number of hydrogen-bond acceptors (Lipinski definition) is 2. The van der Waals surface area contributed by atoms with Crippen LogP contribution in [0.2, 0.25) is 0 Å². The molecule has 0 spiro atoms. The van der Waals surface area contributed by atoms with Crippen LogP contribution in [0.1, 0.15) is 32.1 Å². The van der Waals surface area contributed by atoms with Gasteiger partial charge in [0.1, 0.15) is 6.10 Å². The van der Waals surface area contributed by atoms with E-state index in [1.165, 1.54) is 25.7 Å². The number of carbonyl (C=O) groups is 1. The number of ether oxygens (including phenoxy) is 1. The first-order valence-corrected chi connectivity index (χ1v) is 4.81. The fraction of sp³-hybridized carbons (Fsp3) is 0.889. The molecule has 0 bridgehead atoms. The summed E-state index contributed by atoms with van der Waals surface area (Å²) in [5, 5.41) is 2.75. The summed E-state index contributed by atoms with van der Waals surface area (Å²) in [7, 11) is 0. The molecule has 3 nitrogen and oxygen atoms in total. The summed E-state index contributed by atoms with van der Waals surface area (Å²) < 4.78 is 5.22. The van der Waals surface area contributed by atoms with Crippen LogP contribution in [0.25, 0.3) is 0 Å². The van der Waals surface area contributed by atoms with Crippen molar-refractivity contribution in [1.82, 2.24) is 5.32 Å². The summed E-state index contributed by atoms with van der Waals surface area (Å²) in [6, 6.07) is 0. The van der Waals surface area contributed by atoms with Gasteiger partial charge in [0.2, 0.25) is 0 Å². The van der Waals surface area contributed by atoms with Crippen molar-refractivity contribution in [3.63, 3.8) is 0 Å². The van der Waals surface area contributed by atoms with Crippen LogP contribution in [0.5, 0.6) is 0 Å². The molecule has 1 heterocycles. The average molecular weight is 169 g/mol. The highest BCUT2D eigenvalue weighted by Gasteiger charge is 2.30. The Labute approximate surface area is 72.5 Å². The molecule has 2 atom stereocenters. The van der Waals surface area contributed by atoms with Gasteiger partial charge in [0.25, 0.3) is 0 Å². The van der Waals surface area contributed by atoms with Crippen LogP contribution in [-0.4, -0.2) is 18.7 Å². The van der Waals surface area contributed by atoms with Gasteiger partial charge < -0.3 is 10.1 Å². The van der Waals surface area contributed by atoms with E-state index in [1.807, 2.05) is 0 Å². The molecule has 1 N–H and O–H groups in total. The van der Waals surface area contributed by atoms with E-state index in [9.17, 15) is 4.79 Å². The molecule has 2 rings (SSSR count). The van der Waals surface area contributed by atoms with Gasteiger partial charge in [-0.2, -0.15) is 0 Å². The molecule has 1 aliphatic heterocycles. The number of carbonyl (C=O) groups excluding carboxylic acids is 1. The third-order valence-electron chi connectivity index (χ3n) is 2.86. The molecule has 1 saturated carbocycles. The van der Waals surface area contributed by atoms with Crippen LogP contribution in [0, 0.1) is 5.92 Å². The largest absolute Gasteiger partial charge is 0.446 e. The van der Waals surface area contributed by atoms with Gasteiger partial charge in [-0.25, -0.2) is 4.79 Å². The van der Waals surface area contributed by atoms with E-state index >= 15 is 0 Å². The maximum absolute atomic E-state index is 10.9. The van der Waals surface area contributed by atoms with Gasteiger partial charge in [0, 0.05) is 12.5 Å². The highest BCUT2D eigenvalue weighted by atomic mass is 16.6. The Bertz CT molecular complexity index is 181. The molecule has 2 aliphatic rings. The van der Waals surface area contributed by atoms with Crippen LogP contribution in [-0.2, 0) is 4.74 Å². The molecule has 0 aromatic carbocycles. The molecule has 3 heteroatoms. The molecule has 2 fully saturated rings. The van der Waals surface area contributed by atoms with Gasteiger partial charge in [0.05, 0.1) is 0 Å². The molecule has 68 valence electrons. The zero-order chi connectivity index (χ0) is 8.39. The van der Waals surface area contributed by atoms with Crippen LogP contribution in [0.4, 0.5) is 4.79 Å². The second-order valence-electron chi connectivity index (χ2n) is 3.72. The van der Waals surface area contributed by atoms with E-state index in [4.69, 9.17) is 4.74 Å². The molecular formula is C9H15NO2. The van der Waals surface area contributed by atoms with Gasteiger partial charge in [-0.05, 0) is 19.3 Å². The number of fused-ring (bicyclic) bond motifs is 1. The molecule has 12 heavy (non-hydrogen) atoms. The van der Waals surface area contributed by atoms with Crippen LogP contribution >= 0.6 is 0 Å². The minimum atomic E-state index is -0.224. The zero-order valence-corrected chi connectivity index (χ0v) is 7.21. The maximum Gasteiger partial charge on any atom is 0.407 e. The number of hydrogen-bond donors (Lipinski definition) is 1. The summed E-state index contributed by atoms with van der Waals surface area (Å²) >= 11 is 0. The van der Waals surface area contributed by atoms with Crippen molar-refractivity contribution in [3.8, 4) is 0 Å². The third kappa shape index (κ3) is 1.54. The van der Waals surface area contributed by atoms with Crippen molar-refractivity contribution in [1.29, 1.82) is 0 Å². The van der Waals surface area contributed by atoms with Crippen LogP contribution < -0.4 is 5.32 Å². The van der Waals surface area contributed by atoms with Crippen molar-refractivity contribution in [3.05, 3.63) is 0 Å². The number of nitrogens with one attached hydrogen (secondary N) is 1. The molecular weight excluding hydrogens is 154 g/mol. The highest BCUT2D eigenvalue weighted by molar-refractivity contribution is 5.68. The van der Waals surface area contributed by atoms with Gasteiger partial charge in [-0.15, -0.1) is 0 Å². The van der Waals surface area contributed by atoms with Gasteiger partial charge in [-0.3, -0.25) is 0 Å². The van der Waals surface area contributed by atoms with E-state index in [-0.39, 0.29) is 12.2 Å². The smallest absolute Gasteiger partial charge is 0.407 e. The monoisotopic (exact) mass is 169 g/mol. The minimum absolute atomic E-state index is 0.209. The Morgan fingerprint density at radius 1 is 1.25 bits per heavy atom. The second kappa shape index (κ2) is 3.33. The summed E-state index contributed by atoms with van der Waals surface area (Å²) in [5.74, 6) is 0.574. The first kappa shape index (κ1) is 7.90. The molecule has 0 aromatic heterocycles. The Balaban J connectivity index is 1.99. The lowest BCUT2D eigenvalue weighted by Crippen LogP contribution is -2.44. The van der Waals surface area contributed by atoms with E-state index in [0.717, 1.165) is 13.0 Å². The first-order valence-electron chi connectivity index (χ1n) is 4.81. The second-order valence-corrected chi connectivity index (χ2v) is 3.72. The Morgan fingerprint density at radius 2 is 2.08 bits per heavy atom. The van der Waals surface area contributed by atoms with Gasteiger partial charge in [0.15, 0.2) is 0 Å². The van der Waals surface area contributed by atoms with E-state index in [2.05, 4.69) is 5.32 Å². The lowest BCUT2D eigenvalue weighted by atomic mass is 9.96. The van der Waals surface area contributed by atoms with E-state index in [0.29, 0.717) is 5.92 Å².